The average molecular weight is 286 g/mol. The molecular formula is C12H16BrNO2. The van der Waals surface area contributed by atoms with E-state index in [2.05, 4.69) is 15.9 Å². The Bertz CT molecular complexity index is 329. The Morgan fingerprint density at radius 1 is 1.50 bits per heavy atom. The van der Waals surface area contributed by atoms with Crippen molar-refractivity contribution in [1.29, 1.82) is 0 Å². The Balaban J connectivity index is 1.75. The number of likely N-dealkylation sites (tertiary alicyclic amines) is 1. The maximum atomic E-state index is 11.9. The van der Waals surface area contributed by atoms with Crippen LogP contribution in [0.5, 0.6) is 0 Å². The molecule has 0 N–H and O–H groups in total. The molecule has 0 unspecified atom stereocenters. The monoisotopic (exact) mass is 285 g/mol. The molecule has 1 saturated heterocycles. The lowest BCUT2D eigenvalue weighted by atomic mass is 10.1. The lowest BCUT2D eigenvalue weighted by Crippen LogP contribution is -2.38. The summed E-state index contributed by atoms with van der Waals surface area (Å²) in [4.78, 5) is 14.4. The number of amides is 1. The zero-order valence-corrected chi connectivity index (χ0v) is 10.8. The Kier molecular flexibility index (Phi) is 4.04. The zero-order chi connectivity index (χ0) is 11.4. The standard InChI is InChI=1S/C12H16BrNO2/c13-10-5-7-14(8-6-10)12(15)4-3-11-2-1-9-16-11/h1-2,9-10H,3-8H2. The molecule has 16 heavy (non-hydrogen) atoms. The first-order valence-corrected chi connectivity index (χ1v) is 6.61. The fourth-order valence-electron chi connectivity index (χ4n) is 1.94. The molecule has 2 heterocycles. The normalized spacial score (nSPS) is 17.7. The maximum Gasteiger partial charge on any atom is 0.223 e. The Hall–Kier alpha value is -0.770. The lowest BCUT2D eigenvalue weighted by Gasteiger charge is -2.29. The minimum absolute atomic E-state index is 0.246. The van der Waals surface area contributed by atoms with Crippen molar-refractivity contribution in [2.24, 2.45) is 0 Å². The topological polar surface area (TPSA) is 33.5 Å². The van der Waals surface area contributed by atoms with Crippen LogP contribution in [0.15, 0.2) is 22.8 Å². The molecule has 0 saturated carbocycles. The predicted octanol–water partition coefficient (Wildman–Crippen LogP) is 2.60. The van der Waals surface area contributed by atoms with Gasteiger partial charge in [0.1, 0.15) is 5.76 Å². The van der Waals surface area contributed by atoms with Gasteiger partial charge in [0.25, 0.3) is 0 Å². The van der Waals surface area contributed by atoms with Crippen molar-refractivity contribution in [2.75, 3.05) is 13.1 Å². The highest BCUT2D eigenvalue weighted by Gasteiger charge is 2.20. The summed E-state index contributed by atoms with van der Waals surface area (Å²) in [6.07, 6.45) is 5.04. The van der Waals surface area contributed by atoms with E-state index in [1.165, 1.54) is 0 Å². The van der Waals surface area contributed by atoms with Gasteiger partial charge in [-0.2, -0.15) is 0 Å². The van der Waals surface area contributed by atoms with Crippen LogP contribution in [0.1, 0.15) is 25.0 Å². The van der Waals surface area contributed by atoms with Crippen LogP contribution in [0.4, 0.5) is 0 Å². The summed E-state index contributed by atoms with van der Waals surface area (Å²) in [6, 6.07) is 3.77. The average Bonchev–Trinajstić information content (AvgIpc) is 2.80. The molecule has 1 aromatic rings. The molecule has 1 aliphatic heterocycles. The van der Waals surface area contributed by atoms with Gasteiger partial charge in [-0.25, -0.2) is 0 Å². The minimum atomic E-state index is 0.246. The Labute approximate surface area is 104 Å². The summed E-state index contributed by atoms with van der Waals surface area (Å²) in [5, 5.41) is 0. The van der Waals surface area contributed by atoms with E-state index in [4.69, 9.17) is 4.42 Å². The number of carbonyl (C=O) groups is 1. The number of piperidine rings is 1. The largest absolute Gasteiger partial charge is 0.469 e. The fraction of sp³-hybridized carbons (Fsp3) is 0.583. The van der Waals surface area contributed by atoms with Crippen molar-refractivity contribution < 1.29 is 9.21 Å². The molecule has 2 rings (SSSR count). The van der Waals surface area contributed by atoms with Gasteiger partial charge in [0.2, 0.25) is 5.91 Å². The van der Waals surface area contributed by atoms with Crippen LogP contribution in [0.3, 0.4) is 0 Å². The van der Waals surface area contributed by atoms with E-state index in [-0.39, 0.29) is 5.91 Å². The SMILES string of the molecule is O=C(CCc1ccco1)N1CCC(Br)CC1. The quantitative estimate of drug-likeness (QED) is 0.800. The first kappa shape index (κ1) is 11.7. The molecular weight excluding hydrogens is 270 g/mol. The highest BCUT2D eigenvalue weighted by Crippen LogP contribution is 2.18. The smallest absolute Gasteiger partial charge is 0.223 e. The van der Waals surface area contributed by atoms with E-state index in [0.29, 0.717) is 17.7 Å². The van der Waals surface area contributed by atoms with E-state index in [1.807, 2.05) is 17.0 Å². The number of carbonyl (C=O) groups excluding carboxylic acids is 1. The minimum Gasteiger partial charge on any atom is -0.469 e. The molecule has 1 aromatic heterocycles. The second-order valence-electron chi connectivity index (χ2n) is 4.13. The molecule has 88 valence electrons. The van der Waals surface area contributed by atoms with Crippen molar-refractivity contribution in [1.82, 2.24) is 4.90 Å². The molecule has 3 nitrogen and oxygen atoms in total. The van der Waals surface area contributed by atoms with Gasteiger partial charge in [-0.05, 0) is 25.0 Å². The van der Waals surface area contributed by atoms with Gasteiger partial charge in [0.15, 0.2) is 0 Å². The van der Waals surface area contributed by atoms with E-state index >= 15 is 0 Å². The molecule has 0 aromatic carbocycles. The van der Waals surface area contributed by atoms with E-state index < -0.39 is 0 Å². The van der Waals surface area contributed by atoms with E-state index in [0.717, 1.165) is 31.7 Å². The third-order valence-electron chi connectivity index (χ3n) is 2.94. The number of hydrogen-bond donors (Lipinski definition) is 0. The first-order chi connectivity index (χ1) is 7.75. The van der Waals surface area contributed by atoms with Crippen molar-refractivity contribution >= 4 is 21.8 Å². The van der Waals surface area contributed by atoms with Crippen molar-refractivity contribution in [3.8, 4) is 0 Å². The molecule has 1 aliphatic rings. The number of hydrogen-bond acceptors (Lipinski definition) is 2. The number of furan rings is 1. The third-order valence-corrected chi connectivity index (χ3v) is 3.86. The van der Waals surface area contributed by atoms with E-state index in [9.17, 15) is 4.79 Å². The van der Waals surface area contributed by atoms with Crippen molar-refractivity contribution in [3.05, 3.63) is 24.2 Å². The van der Waals surface area contributed by atoms with Crippen LogP contribution in [0.25, 0.3) is 0 Å². The second kappa shape index (κ2) is 5.53. The molecule has 0 aliphatic carbocycles. The molecule has 0 radical (unpaired) electrons. The van der Waals surface area contributed by atoms with Crippen molar-refractivity contribution in [3.63, 3.8) is 0 Å². The van der Waals surface area contributed by atoms with Crippen LogP contribution in [0, 0.1) is 0 Å². The van der Waals surface area contributed by atoms with Gasteiger partial charge in [-0.1, -0.05) is 15.9 Å². The number of nitrogens with zero attached hydrogens (tertiary/aromatic N) is 1. The van der Waals surface area contributed by atoms with Crippen molar-refractivity contribution in [2.45, 2.75) is 30.5 Å². The van der Waals surface area contributed by atoms with Crippen LogP contribution in [-0.2, 0) is 11.2 Å². The number of aryl methyl sites for hydroxylation is 1. The zero-order valence-electron chi connectivity index (χ0n) is 9.19. The number of rotatable bonds is 3. The molecule has 1 amide bonds. The summed E-state index contributed by atoms with van der Waals surface area (Å²) in [5.74, 6) is 1.14. The highest BCUT2D eigenvalue weighted by molar-refractivity contribution is 9.09. The predicted molar refractivity (Wildman–Crippen MR) is 65.6 cm³/mol. The van der Waals surface area contributed by atoms with Gasteiger partial charge in [-0.15, -0.1) is 0 Å². The summed E-state index contributed by atoms with van der Waals surface area (Å²) in [7, 11) is 0. The highest BCUT2D eigenvalue weighted by atomic mass is 79.9. The van der Waals surface area contributed by atoms with Crippen LogP contribution < -0.4 is 0 Å². The summed E-state index contributed by atoms with van der Waals surface area (Å²) in [6.45, 7) is 1.76. The van der Waals surface area contributed by atoms with Crippen LogP contribution in [0.2, 0.25) is 0 Å². The summed E-state index contributed by atoms with van der Waals surface area (Å²) in [5.41, 5.74) is 0. The summed E-state index contributed by atoms with van der Waals surface area (Å²) < 4.78 is 5.21. The second-order valence-corrected chi connectivity index (χ2v) is 5.43. The number of alkyl halides is 1. The molecule has 4 heteroatoms. The Morgan fingerprint density at radius 3 is 2.88 bits per heavy atom. The van der Waals surface area contributed by atoms with Gasteiger partial charge >= 0.3 is 0 Å². The van der Waals surface area contributed by atoms with Crippen LogP contribution >= 0.6 is 15.9 Å². The molecule has 0 atom stereocenters. The summed E-state index contributed by atoms with van der Waals surface area (Å²) >= 11 is 3.58. The molecule has 1 fully saturated rings. The van der Waals surface area contributed by atoms with Gasteiger partial charge in [0.05, 0.1) is 6.26 Å². The fourth-order valence-corrected chi connectivity index (χ4v) is 2.35. The molecule has 0 bridgehead atoms. The van der Waals surface area contributed by atoms with Gasteiger partial charge in [-0.3, -0.25) is 4.79 Å². The van der Waals surface area contributed by atoms with Gasteiger partial charge in [0, 0.05) is 30.8 Å². The van der Waals surface area contributed by atoms with Gasteiger partial charge < -0.3 is 9.32 Å². The third kappa shape index (κ3) is 3.11. The van der Waals surface area contributed by atoms with Crippen LogP contribution in [-0.4, -0.2) is 28.7 Å². The first-order valence-electron chi connectivity index (χ1n) is 5.70. The molecule has 0 spiro atoms. The maximum absolute atomic E-state index is 11.9. The lowest BCUT2D eigenvalue weighted by molar-refractivity contribution is -0.132. The number of halogens is 1. The van der Waals surface area contributed by atoms with E-state index in [1.54, 1.807) is 6.26 Å². The Morgan fingerprint density at radius 2 is 2.25 bits per heavy atom.